The molecule has 0 bridgehead atoms. The summed E-state index contributed by atoms with van der Waals surface area (Å²) in [5.74, 6) is 1.62. The number of sulfonamides is 1. The van der Waals surface area contributed by atoms with E-state index < -0.39 is 10.0 Å². The number of likely N-dealkylation sites (N-methyl/N-ethyl adjacent to an activating group) is 1. The van der Waals surface area contributed by atoms with Gasteiger partial charge in [-0.1, -0.05) is 6.92 Å². The maximum absolute atomic E-state index is 11.7. The maximum Gasteiger partial charge on any atom is 0.241 e. The van der Waals surface area contributed by atoms with Crippen molar-refractivity contribution in [1.29, 1.82) is 0 Å². The van der Waals surface area contributed by atoms with E-state index in [2.05, 4.69) is 42.8 Å². The Labute approximate surface area is 160 Å². The largest absolute Gasteiger partial charge is 0.366 e. The topological polar surface area (TPSA) is 90.5 Å². The molecule has 0 aliphatic carbocycles. The third-order valence-corrected chi connectivity index (χ3v) is 6.14. The van der Waals surface area contributed by atoms with Crippen LogP contribution in [-0.2, 0) is 16.6 Å². The molecule has 0 spiro atoms. The number of anilines is 2. The van der Waals surface area contributed by atoms with Crippen LogP contribution in [0.3, 0.4) is 0 Å². The van der Waals surface area contributed by atoms with Crippen LogP contribution in [-0.4, -0.2) is 63.1 Å². The monoisotopic (exact) mass is 390 g/mol. The molecule has 3 rings (SSSR count). The SMILES string of the molecule is CCN1CCN(c2cc(CNc3ccc(S(=O)(=O)NC)cn3)ccn2)CC1. The molecule has 3 heterocycles. The van der Waals surface area contributed by atoms with Crippen molar-refractivity contribution in [2.24, 2.45) is 0 Å². The molecule has 0 aromatic carbocycles. The lowest BCUT2D eigenvalue weighted by atomic mass is 10.2. The minimum Gasteiger partial charge on any atom is -0.366 e. The molecule has 2 aromatic heterocycles. The normalized spacial score (nSPS) is 15.7. The maximum atomic E-state index is 11.7. The highest BCUT2D eigenvalue weighted by molar-refractivity contribution is 7.89. The predicted molar refractivity (Wildman–Crippen MR) is 106 cm³/mol. The number of hydrogen-bond donors (Lipinski definition) is 2. The molecule has 0 saturated carbocycles. The first kappa shape index (κ1) is 19.5. The van der Waals surface area contributed by atoms with Crippen LogP contribution >= 0.6 is 0 Å². The molecule has 27 heavy (non-hydrogen) atoms. The summed E-state index contributed by atoms with van der Waals surface area (Å²) >= 11 is 0. The Morgan fingerprint density at radius 2 is 1.89 bits per heavy atom. The highest BCUT2D eigenvalue weighted by Crippen LogP contribution is 2.16. The van der Waals surface area contributed by atoms with Gasteiger partial charge in [0.15, 0.2) is 0 Å². The van der Waals surface area contributed by atoms with Crippen molar-refractivity contribution in [2.75, 3.05) is 50.0 Å². The van der Waals surface area contributed by atoms with Gasteiger partial charge in [0.2, 0.25) is 10.0 Å². The molecule has 2 aromatic rings. The van der Waals surface area contributed by atoms with E-state index >= 15 is 0 Å². The predicted octanol–water partition coefficient (Wildman–Crippen LogP) is 1.14. The summed E-state index contributed by atoms with van der Waals surface area (Å²) < 4.78 is 25.7. The van der Waals surface area contributed by atoms with Crippen LogP contribution in [0.1, 0.15) is 12.5 Å². The first-order valence-corrected chi connectivity index (χ1v) is 10.6. The molecule has 1 aliphatic heterocycles. The van der Waals surface area contributed by atoms with Crippen molar-refractivity contribution < 1.29 is 8.42 Å². The number of piperazine rings is 1. The van der Waals surface area contributed by atoms with Crippen LogP contribution in [0.5, 0.6) is 0 Å². The molecular formula is C18H26N6O2S. The average Bonchev–Trinajstić information content (AvgIpc) is 2.73. The van der Waals surface area contributed by atoms with Crippen LogP contribution in [0.2, 0.25) is 0 Å². The van der Waals surface area contributed by atoms with Gasteiger partial charge < -0.3 is 15.1 Å². The van der Waals surface area contributed by atoms with E-state index in [-0.39, 0.29) is 4.90 Å². The molecule has 8 nitrogen and oxygen atoms in total. The van der Waals surface area contributed by atoms with E-state index in [9.17, 15) is 8.42 Å². The van der Waals surface area contributed by atoms with Gasteiger partial charge in [-0.15, -0.1) is 0 Å². The Bertz CT molecular complexity index is 848. The number of nitrogens with one attached hydrogen (secondary N) is 2. The zero-order valence-corrected chi connectivity index (χ0v) is 16.5. The third-order valence-electron chi connectivity index (χ3n) is 4.74. The summed E-state index contributed by atoms with van der Waals surface area (Å²) in [6, 6.07) is 7.26. The van der Waals surface area contributed by atoms with Crippen molar-refractivity contribution >= 4 is 21.7 Å². The summed E-state index contributed by atoms with van der Waals surface area (Å²) in [6.45, 7) is 7.97. The van der Waals surface area contributed by atoms with Crippen LogP contribution in [0.15, 0.2) is 41.6 Å². The van der Waals surface area contributed by atoms with E-state index in [0.29, 0.717) is 12.4 Å². The van der Waals surface area contributed by atoms with Crippen molar-refractivity contribution in [3.8, 4) is 0 Å². The standard InChI is InChI=1S/C18H26N6O2S/c1-3-23-8-10-24(11-9-23)18-12-15(6-7-20-18)13-21-17-5-4-16(14-22-17)27(25,26)19-2/h4-7,12,14,19H,3,8-11,13H2,1-2H3,(H,21,22). The molecular weight excluding hydrogens is 364 g/mol. The van der Waals surface area contributed by atoms with Gasteiger partial charge in [0.25, 0.3) is 0 Å². The second kappa shape index (κ2) is 8.64. The van der Waals surface area contributed by atoms with Gasteiger partial charge in [0, 0.05) is 45.1 Å². The second-order valence-corrected chi connectivity index (χ2v) is 8.27. The van der Waals surface area contributed by atoms with Crippen molar-refractivity contribution in [1.82, 2.24) is 19.6 Å². The zero-order chi connectivity index (χ0) is 19.3. The fourth-order valence-corrected chi connectivity index (χ4v) is 3.67. The lowest BCUT2D eigenvalue weighted by Crippen LogP contribution is -2.46. The average molecular weight is 391 g/mol. The molecule has 1 fully saturated rings. The number of aromatic nitrogens is 2. The van der Waals surface area contributed by atoms with Crippen LogP contribution in [0, 0.1) is 0 Å². The van der Waals surface area contributed by atoms with Gasteiger partial charge >= 0.3 is 0 Å². The van der Waals surface area contributed by atoms with E-state index in [1.165, 1.54) is 19.3 Å². The fraction of sp³-hybridized carbons (Fsp3) is 0.444. The van der Waals surface area contributed by atoms with Gasteiger partial charge in [0.05, 0.1) is 0 Å². The summed E-state index contributed by atoms with van der Waals surface area (Å²) in [5, 5.41) is 3.22. The number of pyridine rings is 2. The Morgan fingerprint density at radius 3 is 2.52 bits per heavy atom. The molecule has 0 amide bonds. The van der Waals surface area contributed by atoms with Gasteiger partial charge in [-0.3, -0.25) is 0 Å². The molecule has 9 heteroatoms. The van der Waals surface area contributed by atoms with E-state index in [0.717, 1.165) is 44.1 Å². The van der Waals surface area contributed by atoms with Gasteiger partial charge in [-0.2, -0.15) is 0 Å². The molecule has 0 unspecified atom stereocenters. The quantitative estimate of drug-likeness (QED) is 0.733. The van der Waals surface area contributed by atoms with Crippen molar-refractivity contribution in [3.63, 3.8) is 0 Å². The lowest BCUT2D eigenvalue weighted by molar-refractivity contribution is 0.270. The smallest absolute Gasteiger partial charge is 0.241 e. The Morgan fingerprint density at radius 1 is 1.11 bits per heavy atom. The van der Waals surface area contributed by atoms with Gasteiger partial charge in [0.1, 0.15) is 16.5 Å². The second-order valence-electron chi connectivity index (χ2n) is 6.38. The molecule has 146 valence electrons. The summed E-state index contributed by atoms with van der Waals surface area (Å²) in [5.41, 5.74) is 1.10. The number of hydrogen-bond acceptors (Lipinski definition) is 7. The molecule has 1 aliphatic rings. The van der Waals surface area contributed by atoms with Gasteiger partial charge in [-0.25, -0.2) is 23.1 Å². The fourth-order valence-electron chi connectivity index (χ4n) is 2.99. The van der Waals surface area contributed by atoms with Gasteiger partial charge in [-0.05, 0) is 43.4 Å². The summed E-state index contributed by atoms with van der Waals surface area (Å²) in [6.07, 6.45) is 3.17. The minimum absolute atomic E-state index is 0.146. The highest BCUT2D eigenvalue weighted by Gasteiger charge is 2.17. The van der Waals surface area contributed by atoms with Crippen LogP contribution in [0.4, 0.5) is 11.6 Å². The highest BCUT2D eigenvalue weighted by atomic mass is 32.2. The van der Waals surface area contributed by atoms with E-state index in [1.807, 2.05) is 12.3 Å². The third kappa shape index (κ3) is 4.94. The number of nitrogens with zero attached hydrogens (tertiary/aromatic N) is 4. The van der Waals surface area contributed by atoms with Crippen LogP contribution in [0.25, 0.3) is 0 Å². The first-order chi connectivity index (χ1) is 13.0. The summed E-state index contributed by atoms with van der Waals surface area (Å²) in [4.78, 5) is 13.6. The minimum atomic E-state index is -3.46. The summed E-state index contributed by atoms with van der Waals surface area (Å²) in [7, 11) is -2.08. The lowest BCUT2D eigenvalue weighted by Gasteiger charge is -2.34. The number of rotatable bonds is 7. The van der Waals surface area contributed by atoms with Crippen molar-refractivity contribution in [3.05, 3.63) is 42.2 Å². The molecule has 0 radical (unpaired) electrons. The molecule has 2 N–H and O–H groups in total. The van der Waals surface area contributed by atoms with Crippen molar-refractivity contribution in [2.45, 2.75) is 18.4 Å². The van der Waals surface area contributed by atoms with E-state index in [4.69, 9.17) is 0 Å². The Kier molecular flexibility index (Phi) is 6.25. The zero-order valence-electron chi connectivity index (χ0n) is 15.7. The first-order valence-electron chi connectivity index (χ1n) is 9.07. The molecule has 1 saturated heterocycles. The van der Waals surface area contributed by atoms with E-state index in [1.54, 1.807) is 6.07 Å². The molecule has 0 atom stereocenters. The Balaban J connectivity index is 1.60. The Hall–Kier alpha value is -2.23. The van der Waals surface area contributed by atoms with Crippen LogP contribution < -0.4 is 14.9 Å².